The van der Waals surface area contributed by atoms with Crippen molar-refractivity contribution in [3.63, 3.8) is 0 Å². The van der Waals surface area contributed by atoms with E-state index >= 15 is 0 Å². The summed E-state index contributed by atoms with van der Waals surface area (Å²) in [6.45, 7) is 5.49. The SMILES string of the molecule is CCN(CCCO)CCCO.CO. The van der Waals surface area contributed by atoms with Crippen LogP contribution in [0.25, 0.3) is 0 Å². The van der Waals surface area contributed by atoms with Crippen LogP contribution < -0.4 is 0 Å². The molecule has 0 aliphatic carbocycles. The van der Waals surface area contributed by atoms with Crippen LogP contribution in [-0.4, -0.2) is 60.2 Å². The fourth-order valence-corrected chi connectivity index (χ4v) is 1.02. The molecule has 0 aliphatic rings. The van der Waals surface area contributed by atoms with E-state index in [1.54, 1.807) is 0 Å². The number of rotatable bonds is 7. The number of aliphatic hydroxyl groups is 3. The molecule has 0 fully saturated rings. The Morgan fingerprint density at radius 2 is 1.31 bits per heavy atom. The third kappa shape index (κ3) is 11.8. The van der Waals surface area contributed by atoms with Gasteiger partial charge >= 0.3 is 0 Å². The quantitative estimate of drug-likeness (QED) is 0.518. The van der Waals surface area contributed by atoms with Crippen LogP contribution in [0.2, 0.25) is 0 Å². The lowest BCUT2D eigenvalue weighted by Crippen LogP contribution is -2.26. The summed E-state index contributed by atoms with van der Waals surface area (Å²) in [5, 5.41) is 24.1. The third-order valence-corrected chi connectivity index (χ3v) is 1.71. The maximum Gasteiger partial charge on any atom is 0.0443 e. The lowest BCUT2D eigenvalue weighted by Gasteiger charge is -2.18. The predicted octanol–water partition coefficient (Wildman–Crippen LogP) is -0.318. The Bertz CT molecular complexity index is 73.3. The molecule has 0 unspecified atom stereocenters. The van der Waals surface area contributed by atoms with Gasteiger partial charge in [-0.1, -0.05) is 6.92 Å². The van der Waals surface area contributed by atoms with E-state index in [-0.39, 0.29) is 13.2 Å². The zero-order chi connectivity index (χ0) is 10.5. The molecule has 0 spiro atoms. The van der Waals surface area contributed by atoms with E-state index in [4.69, 9.17) is 15.3 Å². The van der Waals surface area contributed by atoms with Gasteiger partial charge in [0.15, 0.2) is 0 Å². The maximum atomic E-state index is 8.56. The van der Waals surface area contributed by atoms with Crippen LogP contribution in [0.1, 0.15) is 19.8 Å². The molecule has 0 rings (SSSR count). The van der Waals surface area contributed by atoms with Gasteiger partial charge in [-0.25, -0.2) is 0 Å². The highest BCUT2D eigenvalue weighted by molar-refractivity contribution is 4.54. The Labute approximate surface area is 80.8 Å². The number of nitrogens with zero attached hydrogens (tertiary/aromatic N) is 1. The zero-order valence-corrected chi connectivity index (χ0v) is 8.74. The van der Waals surface area contributed by atoms with Crippen molar-refractivity contribution in [3.8, 4) is 0 Å². The van der Waals surface area contributed by atoms with Crippen LogP contribution in [0, 0.1) is 0 Å². The summed E-state index contributed by atoms with van der Waals surface area (Å²) in [4.78, 5) is 2.23. The molecule has 0 atom stereocenters. The second-order valence-electron chi connectivity index (χ2n) is 2.59. The standard InChI is InChI=1S/C8H19NO2.CH4O/c1-2-9(5-3-7-10)6-4-8-11;1-2/h10-11H,2-8H2,1H3;2H,1H3. The van der Waals surface area contributed by atoms with Gasteiger partial charge in [-0.3, -0.25) is 0 Å². The fraction of sp³-hybridized carbons (Fsp3) is 1.00. The summed E-state index contributed by atoms with van der Waals surface area (Å²) >= 11 is 0. The first-order valence-corrected chi connectivity index (χ1v) is 4.74. The molecule has 4 nitrogen and oxygen atoms in total. The van der Waals surface area contributed by atoms with E-state index in [2.05, 4.69) is 11.8 Å². The van der Waals surface area contributed by atoms with Crippen molar-refractivity contribution in [1.29, 1.82) is 0 Å². The molecule has 3 N–H and O–H groups in total. The fourth-order valence-electron chi connectivity index (χ4n) is 1.02. The second kappa shape index (κ2) is 14.4. The Hall–Kier alpha value is -0.160. The van der Waals surface area contributed by atoms with Gasteiger partial charge < -0.3 is 20.2 Å². The molecular formula is C9H23NO3. The van der Waals surface area contributed by atoms with Crippen molar-refractivity contribution in [2.45, 2.75) is 19.8 Å². The third-order valence-electron chi connectivity index (χ3n) is 1.71. The monoisotopic (exact) mass is 193 g/mol. The zero-order valence-electron chi connectivity index (χ0n) is 8.74. The average molecular weight is 193 g/mol. The Morgan fingerprint density at radius 1 is 0.923 bits per heavy atom. The van der Waals surface area contributed by atoms with Crippen LogP contribution in [0.4, 0.5) is 0 Å². The normalized spacial score (nSPS) is 9.69. The molecule has 0 aliphatic heterocycles. The highest BCUT2D eigenvalue weighted by Gasteiger charge is 1.99. The lowest BCUT2D eigenvalue weighted by molar-refractivity contribution is 0.207. The Morgan fingerprint density at radius 3 is 1.54 bits per heavy atom. The van der Waals surface area contributed by atoms with Gasteiger partial charge in [0.05, 0.1) is 0 Å². The van der Waals surface area contributed by atoms with Gasteiger partial charge in [0.1, 0.15) is 0 Å². The van der Waals surface area contributed by atoms with Gasteiger partial charge in [-0.2, -0.15) is 0 Å². The average Bonchev–Trinajstić information content (AvgIpc) is 2.21. The summed E-state index contributed by atoms with van der Waals surface area (Å²) in [6.07, 6.45) is 1.67. The van der Waals surface area contributed by atoms with Crippen molar-refractivity contribution in [2.24, 2.45) is 0 Å². The van der Waals surface area contributed by atoms with E-state index in [1.807, 2.05) is 0 Å². The molecule has 0 heterocycles. The summed E-state index contributed by atoms with van der Waals surface area (Å²) in [5.74, 6) is 0. The van der Waals surface area contributed by atoms with Crippen molar-refractivity contribution in [1.82, 2.24) is 4.90 Å². The summed E-state index contributed by atoms with van der Waals surface area (Å²) in [5.41, 5.74) is 0. The van der Waals surface area contributed by atoms with E-state index < -0.39 is 0 Å². The highest BCUT2D eigenvalue weighted by atomic mass is 16.3. The maximum absolute atomic E-state index is 8.56. The first kappa shape index (κ1) is 15.3. The van der Waals surface area contributed by atoms with Crippen molar-refractivity contribution in [2.75, 3.05) is 40.0 Å². The molecule has 0 amide bonds. The summed E-state index contributed by atoms with van der Waals surface area (Å²) < 4.78 is 0. The molecule has 0 aromatic rings. The highest BCUT2D eigenvalue weighted by Crippen LogP contribution is 1.92. The molecule has 0 bridgehead atoms. The number of hydrogen-bond acceptors (Lipinski definition) is 4. The summed E-state index contributed by atoms with van der Waals surface area (Å²) in [6, 6.07) is 0. The minimum Gasteiger partial charge on any atom is -0.400 e. The minimum atomic E-state index is 0.260. The molecular weight excluding hydrogens is 170 g/mol. The van der Waals surface area contributed by atoms with Crippen LogP contribution in [0.15, 0.2) is 0 Å². The second-order valence-corrected chi connectivity index (χ2v) is 2.59. The summed E-state index contributed by atoms with van der Waals surface area (Å²) in [7, 11) is 1.00. The molecule has 0 aromatic carbocycles. The molecule has 13 heavy (non-hydrogen) atoms. The van der Waals surface area contributed by atoms with Gasteiger partial charge in [-0.05, 0) is 19.4 Å². The van der Waals surface area contributed by atoms with Gasteiger partial charge in [-0.15, -0.1) is 0 Å². The lowest BCUT2D eigenvalue weighted by atomic mass is 10.3. The van der Waals surface area contributed by atoms with Crippen LogP contribution in [-0.2, 0) is 0 Å². The van der Waals surface area contributed by atoms with Gasteiger partial charge in [0, 0.05) is 33.4 Å². The van der Waals surface area contributed by atoms with E-state index in [0.717, 1.165) is 39.6 Å². The van der Waals surface area contributed by atoms with E-state index in [1.165, 1.54) is 0 Å². The first-order valence-electron chi connectivity index (χ1n) is 4.74. The van der Waals surface area contributed by atoms with Crippen LogP contribution in [0.3, 0.4) is 0 Å². The van der Waals surface area contributed by atoms with Crippen molar-refractivity contribution >= 4 is 0 Å². The Balaban J connectivity index is 0. The van der Waals surface area contributed by atoms with Crippen LogP contribution in [0.5, 0.6) is 0 Å². The molecule has 0 saturated heterocycles. The molecule has 82 valence electrons. The van der Waals surface area contributed by atoms with Gasteiger partial charge in [0.25, 0.3) is 0 Å². The smallest absolute Gasteiger partial charge is 0.0443 e. The van der Waals surface area contributed by atoms with Crippen molar-refractivity contribution < 1.29 is 15.3 Å². The predicted molar refractivity (Wildman–Crippen MR) is 53.7 cm³/mol. The Kier molecular flexibility index (Phi) is 16.9. The first-order chi connectivity index (χ1) is 6.35. The molecule has 0 aromatic heterocycles. The molecule has 4 heteroatoms. The van der Waals surface area contributed by atoms with Crippen molar-refractivity contribution in [3.05, 3.63) is 0 Å². The number of aliphatic hydroxyl groups excluding tert-OH is 3. The molecule has 0 radical (unpaired) electrons. The number of hydrogen-bond donors (Lipinski definition) is 3. The van der Waals surface area contributed by atoms with E-state index in [0.29, 0.717) is 0 Å². The van der Waals surface area contributed by atoms with Gasteiger partial charge in [0.2, 0.25) is 0 Å². The van der Waals surface area contributed by atoms with E-state index in [9.17, 15) is 0 Å². The van der Waals surface area contributed by atoms with Crippen LogP contribution >= 0.6 is 0 Å². The largest absolute Gasteiger partial charge is 0.400 e. The molecule has 0 saturated carbocycles. The minimum absolute atomic E-state index is 0.260. The topological polar surface area (TPSA) is 63.9 Å².